The van der Waals surface area contributed by atoms with Crippen LogP contribution in [0.4, 0.5) is 0 Å². The second-order valence-corrected chi connectivity index (χ2v) is 1.81. The van der Waals surface area contributed by atoms with Crippen molar-refractivity contribution in [3.05, 3.63) is 18.7 Å². The average molecular weight is 95.1 g/mol. The van der Waals surface area contributed by atoms with E-state index in [1.165, 1.54) is 0 Å². The molecule has 0 bridgehead atoms. The summed E-state index contributed by atoms with van der Waals surface area (Å²) in [5, 5.41) is 0. The molecule has 0 saturated heterocycles. The Morgan fingerprint density at radius 1 is 1.67 bits per heavy atom. The summed E-state index contributed by atoms with van der Waals surface area (Å²) in [5.74, 6) is 0. The van der Waals surface area contributed by atoms with E-state index in [-0.39, 0.29) is 0 Å². The molecular weight excluding hydrogens is 91.0 g/mol. The van der Waals surface area contributed by atoms with Gasteiger partial charge in [-0.2, -0.15) is 0 Å². The first kappa shape index (κ1) is 3.92. The third kappa shape index (κ3) is 0.619. The van der Waals surface area contributed by atoms with Gasteiger partial charge in [0.2, 0.25) is 0 Å². The molecular formula is C3H4AlN2. The summed E-state index contributed by atoms with van der Waals surface area (Å²) < 4.78 is 1.92. The second-order valence-electron chi connectivity index (χ2n) is 1.08. The molecule has 1 radical (unpaired) electrons. The molecule has 0 fully saturated rings. The minimum absolute atomic E-state index is 1.76. The Bertz CT molecular complexity index is 112. The Balaban J connectivity index is 3.05. The summed E-state index contributed by atoms with van der Waals surface area (Å²) in [6, 6.07) is 0. The van der Waals surface area contributed by atoms with Crippen LogP contribution in [0.1, 0.15) is 0 Å². The lowest BCUT2D eigenvalue weighted by atomic mass is 11.0. The number of hydrogen-bond acceptors (Lipinski definition) is 1. The van der Waals surface area contributed by atoms with E-state index < -0.39 is 0 Å². The van der Waals surface area contributed by atoms with Crippen molar-refractivity contribution < 1.29 is 0 Å². The lowest BCUT2D eigenvalue weighted by molar-refractivity contribution is 1.21. The van der Waals surface area contributed by atoms with Crippen molar-refractivity contribution in [2.24, 2.45) is 0 Å². The van der Waals surface area contributed by atoms with E-state index in [0.717, 1.165) is 0 Å². The predicted octanol–water partition coefficient (Wildman–Crippen LogP) is -0.453. The lowest BCUT2D eigenvalue weighted by Gasteiger charge is -1.78. The summed E-state index contributed by atoms with van der Waals surface area (Å²) in [7, 11) is 0. The molecule has 0 aromatic carbocycles. The molecule has 0 unspecified atom stereocenters. The van der Waals surface area contributed by atoms with E-state index in [1.807, 2.05) is 9.75 Å². The van der Waals surface area contributed by atoms with Crippen LogP contribution in [-0.4, -0.2) is 25.0 Å². The van der Waals surface area contributed by atoms with Gasteiger partial charge in [0.05, 0.1) is 6.33 Å². The molecule has 0 aliphatic heterocycles. The molecule has 1 heterocycles. The minimum Gasteiger partial charge on any atom is -0.442 e. The maximum absolute atomic E-state index is 3.79. The van der Waals surface area contributed by atoms with E-state index in [9.17, 15) is 0 Å². The fourth-order valence-electron chi connectivity index (χ4n) is 0.287. The smallest absolute Gasteiger partial charge is 0.350 e. The van der Waals surface area contributed by atoms with Gasteiger partial charge in [-0.15, -0.1) is 0 Å². The van der Waals surface area contributed by atoms with E-state index in [4.69, 9.17) is 0 Å². The van der Waals surface area contributed by atoms with Crippen LogP contribution in [0.25, 0.3) is 0 Å². The largest absolute Gasteiger partial charge is 0.442 e. The van der Waals surface area contributed by atoms with E-state index in [0.29, 0.717) is 0 Å². The second kappa shape index (κ2) is 1.46. The number of aromatic nitrogens is 2. The Labute approximate surface area is 44.5 Å². The summed E-state index contributed by atoms with van der Waals surface area (Å²) in [4.78, 5) is 3.79. The van der Waals surface area contributed by atoms with Crippen molar-refractivity contribution in [3.63, 3.8) is 0 Å². The van der Waals surface area contributed by atoms with Crippen LogP contribution < -0.4 is 0 Å². The third-order valence-corrected chi connectivity index (χ3v) is 0.933. The van der Waals surface area contributed by atoms with Crippen LogP contribution in [0, 0.1) is 0 Å². The number of hydrogen-bond donors (Lipinski definition) is 0. The van der Waals surface area contributed by atoms with E-state index in [1.54, 1.807) is 29.0 Å². The summed E-state index contributed by atoms with van der Waals surface area (Å²) in [6.45, 7) is 0. The zero-order valence-electron chi connectivity index (χ0n) is 3.33. The van der Waals surface area contributed by atoms with Crippen molar-refractivity contribution in [3.8, 4) is 0 Å². The Hall–Kier alpha value is -0.258. The van der Waals surface area contributed by atoms with Gasteiger partial charge in [-0.3, -0.25) is 0 Å². The molecule has 1 rings (SSSR count). The molecule has 6 heavy (non-hydrogen) atoms. The lowest BCUT2D eigenvalue weighted by Crippen LogP contribution is -1.81. The fourth-order valence-corrected chi connectivity index (χ4v) is 0.475. The molecule has 0 amide bonds. The molecule has 1 aromatic heterocycles. The average Bonchev–Trinajstić information content (AvgIpc) is 1.86. The quantitative estimate of drug-likeness (QED) is 0.399. The van der Waals surface area contributed by atoms with Gasteiger partial charge in [0.1, 0.15) is 0 Å². The first-order valence-electron chi connectivity index (χ1n) is 1.68. The highest BCUT2D eigenvalue weighted by Crippen LogP contribution is 1.72. The van der Waals surface area contributed by atoms with Crippen LogP contribution in [0.5, 0.6) is 0 Å². The van der Waals surface area contributed by atoms with Crippen LogP contribution in [0.3, 0.4) is 0 Å². The first-order chi connectivity index (χ1) is 2.89. The van der Waals surface area contributed by atoms with Gasteiger partial charge >= 0.3 is 16.5 Å². The highest BCUT2D eigenvalue weighted by molar-refractivity contribution is 6.06. The van der Waals surface area contributed by atoms with Gasteiger partial charge < -0.3 is 3.55 Å². The molecule has 0 N–H and O–H groups in total. The van der Waals surface area contributed by atoms with Crippen molar-refractivity contribution in [2.75, 3.05) is 0 Å². The molecule has 2 nitrogen and oxygen atoms in total. The Morgan fingerprint density at radius 2 is 2.50 bits per heavy atom. The number of nitrogens with zero attached hydrogens (tertiary/aromatic N) is 2. The van der Waals surface area contributed by atoms with Gasteiger partial charge in [-0.25, -0.2) is 4.98 Å². The van der Waals surface area contributed by atoms with E-state index >= 15 is 0 Å². The highest BCUT2D eigenvalue weighted by atomic mass is 27.1. The van der Waals surface area contributed by atoms with Crippen molar-refractivity contribution in [1.82, 2.24) is 8.53 Å². The van der Waals surface area contributed by atoms with Gasteiger partial charge in [0.15, 0.2) is 0 Å². The summed E-state index contributed by atoms with van der Waals surface area (Å²) >= 11 is 1.76. The molecule has 0 aliphatic carbocycles. The zero-order valence-corrected chi connectivity index (χ0v) is 4.75. The zero-order chi connectivity index (χ0) is 4.41. The van der Waals surface area contributed by atoms with Crippen molar-refractivity contribution >= 4 is 16.5 Å². The van der Waals surface area contributed by atoms with Crippen molar-refractivity contribution in [1.29, 1.82) is 0 Å². The van der Waals surface area contributed by atoms with Crippen molar-refractivity contribution in [2.45, 2.75) is 0 Å². The number of imidazole rings is 1. The van der Waals surface area contributed by atoms with Crippen LogP contribution in [-0.2, 0) is 0 Å². The standard InChI is InChI=1S/C3H3N2.Al.H/c1-2-5-3-4-1;;/h1-3H;;/q-1;+1;. The SMILES string of the molecule is [AlH][n]1ccnc1. The highest BCUT2D eigenvalue weighted by Gasteiger charge is 1.69. The Morgan fingerprint density at radius 3 is 2.67 bits per heavy atom. The van der Waals surface area contributed by atoms with Gasteiger partial charge in [0.25, 0.3) is 0 Å². The molecule has 3 heteroatoms. The Kier molecular flexibility index (Phi) is 0.954. The fraction of sp³-hybridized carbons (Fsp3) is 0. The van der Waals surface area contributed by atoms with Crippen LogP contribution >= 0.6 is 0 Å². The molecule has 0 saturated carbocycles. The molecule has 29 valence electrons. The molecule has 0 spiro atoms. The summed E-state index contributed by atoms with van der Waals surface area (Å²) in [5.41, 5.74) is 0. The molecule has 1 aromatic rings. The summed E-state index contributed by atoms with van der Waals surface area (Å²) in [6.07, 6.45) is 5.42. The van der Waals surface area contributed by atoms with Gasteiger partial charge in [-0.05, 0) is 6.20 Å². The van der Waals surface area contributed by atoms with Gasteiger partial charge in [0, 0.05) is 6.20 Å². The molecule has 0 atom stereocenters. The molecule has 0 aliphatic rings. The van der Waals surface area contributed by atoms with Gasteiger partial charge in [-0.1, -0.05) is 0 Å². The monoisotopic (exact) mass is 95.0 g/mol. The predicted molar refractivity (Wildman–Crippen MR) is 24.8 cm³/mol. The first-order valence-corrected chi connectivity index (χ1v) is 2.31. The van der Waals surface area contributed by atoms with E-state index in [2.05, 4.69) is 4.98 Å². The normalized spacial score (nSPS) is 8.67. The third-order valence-electron chi connectivity index (χ3n) is 0.559. The minimum atomic E-state index is 1.76. The topological polar surface area (TPSA) is 17.8 Å². The number of rotatable bonds is 0. The maximum atomic E-state index is 3.79. The van der Waals surface area contributed by atoms with Crippen LogP contribution in [0.2, 0.25) is 0 Å². The maximum Gasteiger partial charge on any atom is 0.350 e. The van der Waals surface area contributed by atoms with Crippen LogP contribution in [0.15, 0.2) is 18.7 Å².